The molecule has 0 N–H and O–H groups in total. The standard InChI is InChI=1S/C15H19NO/c1-10(2)12-6-7-15(17-5)13(8-12)14(9-16)11(3)4/h6-8,10H,1-5H3. The number of hydrogen-bond acceptors (Lipinski definition) is 2. The second-order valence-electron chi connectivity index (χ2n) is 4.60. The van der Waals surface area contributed by atoms with Gasteiger partial charge in [0.1, 0.15) is 5.75 Å². The third kappa shape index (κ3) is 2.88. The highest BCUT2D eigenvalue weighted by Gasteiger charge is 2.12. The molecule has 0 fully saturated rings. The van der Waals surface area contributed by atoms with E-state index in [-0.39, 0.29) is 0 Å². The fraction of sp³-hybridized carbons (Fsp3) is 0.400. The summed E-state index contributed by atoms with van der Waals surface area (Å²) in [7, 11) is 1.63. The minimum absolute atomic E-state index is 0.441. The van der Waals surface area contributed by atoms with E-state index in [2.05, 4.69) is 26.0 Å². The van der Waals surface area contributed by atoms with E-state index in [9.17, 15) is 5.26 Å². The second kappa shape index (κ2) is 5.54. The van der Waals surface area contributed by atoms with Gasteiger partial charge in [-0.1, -0.05) is 25.5 Å². The Morgan fingerprint density at radius 1 is 1.29 bits per heavy atom. The van der Waals surface area contributed by atoms with Gasteiger partial charge in [-0.2, -0.15) is 5.26 Å². The monoisotopic (exact) mass is 229 g/mol. The predicted octanol–water partition coefficient (Wildman–Crippen LogP) is 4.14. The van der Waals surface area contributed by atoms with Crippen LogP contribution in [0.2, 0.25) is 0 Å². The highest BCUT2D eigenvalue weighted by atomic mass is 16.5. The maximum absolute atomic E-state index is 9.24. The summed E-state index contributed by atoms with van der Waals surface area (Å²) in [6.45, 7) is 8.17. The Kier molecular flexibility index (Phi) is 4.34. The Balaban J connectivity index is 3.44. The first-order chi connectivity index (χ1) is 8.01. The average molecular weight is 229 g/mol. The number of hydrogen-bond donors (Lipinski definition) is 0. The van der Waals surface area contributed by atoms with Crippen molar-refractivity contribution in [3.63, 3.8) is 0 Å². The van der Waals surface area contributed by atoms with E-state index in [4.69, 9.17) is 4.74 Å². The maximum Gasteiger partial charge on any atom is 0.127 e. The van der Waals surface area contributed by atoms with Crippen LogP contribution in [-0.4, -0.2) is 7.11 Å². The predicted molar refractivity (Wildman–Crippen MR) is 71.0 cm³/mol. The van der Waals surface area contributed by atoms with Crippen LogP contribution in [0.1, 0.15) is 44.7 Å². The van der Waals surface area contributed by atoms with E-state index in [0.29, 0.717) is 11.5 Å². The van der Waals surface area contributed by atoms with Gasteiger partial charge in [-0.15, -0.1) is 0 Å². The number of allylic oxidation sites excluding steroid dienone is 2. The van der Waals surface area contributed by atoms with E-state index in [1.165, 1.54) is 5.56 Å². The minimum atomic E-state index is 0.441. The highest BCUT2D eigenvalue weighted by molar-refractivity contribution is 5.82. The van der Waals surface area contributed by atoms with Crippen molar-refractivity contribution in [3.05, 3.63) is 34.9 Å². The van der Waals surface area contributed by atoms with Crippen molar-refractivity contribution in [2.45, 2.75) is 33.6 Å². The zero-order valence-corrected chi connectivity index (χ0v) is 11.2. The third-order valence-corrected chi connectivity index (χ3v) is 2.77. The van der Waals surface area contributed by atoms with Crippen LogP contribution < -0.4 is 4.74 Å². The third-order valence-electron chi connectivity index (χ3n) is 2.77. The number of rotatable bonds is 3. The molecule has 0 bridgehead atoms. The van der Waals surface area contributed by atoms with Gasteiger partial charge < -0.3 is 4.74 Å². The van der Waals surface area contributed by atoms with Crippen LogP contribution in [0.25, 0.3) is 5.57 Å². The Morgan fingerprint density at radius 2 is 1.94 bits per heavy atom. The van der Waals surface area contributed by atoms with E-state index in [0.717, 1.165) is 16.9 Å². The van der Waals surface area contributed by atoms with Gasteiger partial charge in [-0.05, 0) is 37.5 Å². The van der Waals surface area contributed by atoms with Gasteiger partial charge in [0.25, 0.3) is 0 Å². The molecule has 90 valence electrons. The van der Waals surface area contributed by atoms with Crippen molar-refractivity contribution in [2.75, 3.05) is 7.11 Å². The van der Waals surface area contributed by atoms with E-state index >= 15 is 0 Å². The summed E-state index contributed by atoms with van der Waals surface area (Å²) < 4.78 is 5.33. The molecule has 1 aromatic carbocycles. The molecule has 0 spiro atoms. The molecule has 0 aliphatic rings. The van der Waals surface area contributed by atoms with Gasteiger partial charge in [0, 0.05) is 5.56 Å². The fourth-order valence-corrected chi connectivity index (χ4v) is 1.72. The molecule has 1 rings (SSSR count). The smallest absolute Gasteiger partial charge is 0.127 e. The van der Waals surface area contributed by atoms with Crippen LogP contribution >= 0.6 is 0 Å². The topological polar surface area (TPSA) is 33.0 Å². The summed E-state index contributed by atoms with van der Waals surface area (Å²) in [6, 6.07) is 8.29. The summed E-state index contributed by atoms with van der Waals surface area (Å²) in [6.07, 6.45) is 0. The molecule has 2 heteroatoms. The van der Waals surface area contributed by atoms with Crippen LogP contribution in [0.15, 0.2) is 23.8 Å². The lowest BCUT2D eigenvalue weighted by Gasteiger charge is -2.13. The first-order valence-electron chi connectivity index (χ1n) is 5.77. The van der Waals surface area contributed by atoms with Crippen LogP contribution in [0.3, 0.4) is 0 Å². The lowest BCUT2D eigenvalue weighted by atomic mass is 9.95. The molecular formula is C15H19NO. The molecule has 0 aliphatic carbocycles. The number of benzene rings is 1. The number of methoxy groups -OCH3 is 1. The SMILES string of the molecule is COc1ccc(C(C)C)cc1C(C#N)=C(C)C. The molecule has 0 heterocycles. The lowest BCUT2D eigenvalue weighted by Crippen LogP contribution is -1.96. The van der Waals surface area contributed by atoms with Crippen molar-refractivity contribution in [3.8, 4) is 11.8 Å². The van der Waals surface area contributed by atoms with Crippen LogP contribution in [0.4, 0.5) is 0 Å². The summed E-state index contributed by atoms with van der Waals surface area (Å²) >= 11 is 0. The first-order valence-corrected chi connectivity index (χ1v) is 5.77. The van der Waals surface area contributed by atoms with Crippen molar-refractivity contribution < 1.29 is 4.74 Å². The zero-order valence-electron chi connectivity index (χ0n) is 11.2. The van der Waals surface area contributed by atoms with Crippen molar-refractivity contribution in [1.82, 2.24) is 0 Å². The molecular weight excluding hydrogens is 210 g/mol. The molecule has 0 radical (unpaired) electrons. The van der Waals surface area contributed by atoms with Gasteiger partial charge in [0.2, 0.25) is 0 Å². The van der Waals surface area contributed by atoms with E-state index in [1.807, 2.05) is 26.0 Å². The van der Waals surface area contributed by atoms with Gasteiger partial charge in [0.15, 0.2) is 0 Å². The van der Waals surface area contributed by atoms with Gasteiger partial charge in [-0.3, -0.25) is 0 Å². The van der Waals surface area contributed by atoms with Crippen molar-refractivity contribution >= 4 is 5.57 Å². The number of nitriles is 1. The molecule has 0 unspecified atom stereocenters. The van der Waals surface area contributed by atoms with Crippen molar-refractivity contribution in [2.24, 2.45) is 0 Å². The maximum atomic E-state index is 9.24. The number of nitrogens with zero attached hydrogens (tertiary/aromatic N) is 1. The largest absolute Gasteiger partial charge is 0.496 e. The molecule has 17 heavy (non-hydrogen) atoms. The van der Waals surface area contributed by atoms with Crippen LogP contribution in [0, 0.1) is 11.3 Å². The first kappa shape index (κ1) is 13.3. The Morgan fingerprint density at radius 3 is 2.35 bits per heavy atom. The van der Waals surface area contributed by atoms with Crippen LogP contribution in [0.5, 0.6) is 5.75 Å². The lowest BCUT2D eigenvalue weighted by molar-refractivity contribution is 0.413. The highest BCUT2D eigenvalue weighted by Crippen LogP contribution is 2.31. The van der Waals surface area contributed by atoms with Crippen molar-refractivity contribution in [1.29, 1.82) is 5.26 Å². The van der Waals surface area contributed by atoms with Gasteiger partial charge >= 0.3 is 0 Å². The summed E-state index contributed by atoms with van der Waals surface area (Å²) in [4.78, 5) is 0. The molecule has 0 saturated carbocycles. The minimum Gasteiger partial charge on any atom is -0.496 e. The Hall–Kier alpha value is -1.75. The Labute approximate surface area is 104 Å². The molecule has 0 aromatic heterocycles. The normalized spacial score (nSPS) is 9.94. The van der Waals surface area contributed by atoms with Gasteiger partial charge in [-0.25, -0.2) is 0 Å². The van der Waals surface area contributed by atoms with Crippen LogP contribution in [-0.2, 0) is 0 Å². The van der Waals surface area contributed by atoms with E-state index in [1.54, 1.807) is 7.11 Å². The zero-order chi connectivity index (χ0) is 13.0. The molecule has 1 aromatic rings. The summed E-state index contributed by atoms with van der Waals surface area (Å²) in [5.74, 6) is 1.20. The fourth-order valence-electron chi connectivity index (χ4n) is 1.72. The average Bonchev–Trinajstić information content (AvgIpc) is 2.29. The van der Waals surface area contributed by atoms with Gasteiger partial charge in [0.05, 0.1) is 18.8 Å². The second-order valence-corrected chi connectivity index (χ2v) is 4.60. The van der Waals surface area contributed by atoms with E-state index < -0.39 is 0 Å². The molecule has 0 amide bonds. The molecule has 0 saturated heterocycles. The summed E-state index contributed by atoms with van der Waals surface area (Å²) in [5, 5.41) is 9.24. The summed E-state index contributed by atoms with van der Waals surface area (Å²) in [5.41, 5.74) is 3.81. The number of ether oxygens (including phenoxy) is 1. The molecule has 0 aliphatic heterocycles. The molecule has 2 nitrogen and oxygen atoms in total. The molecule has 0 atom stereocenters. The Bertz CT molecular complexity index is 474. The quantitative estimate of drug-likeness (QED) is 0.730.